The number of rotatable bonds is 4. The van der Waals surface area contributed by atoms with Gasteiger partial charge in [-0.1, -0.05) is 30.3 Å². The highest BCUT2D eigenvalue weighted by Crippen LogP contribution is 2.23. The Hall–Kier alpha value is -3.99. The number of pyridine rings is 1. The van der Waals surface area contributed by atoms with Crippen LogP contribution < -0.4 is 10.7 Å². The smallest absolute Gasteiger partial charge is 0.195 e. The molecule has 5 heteroatoms. The third kappa shape index (κ3) is 3.62. The van der Waals surface area contributed by atoms with Crippen molar-refractivity contribution < 1.29 is 0 Å². The van der Waals surface area contributed by atoms with Crippen LogP contribution in [0.2, 0.25) is 0 Å². The van der Waals surface area contributed by atoms with E-state index < -0.39 is 0 Å². The first kappa shape index (κ1) is 19.9. The van der Waals surface area contributed by atoms with Crippen LogP contribution in [0.3, 0.4) is 0 Å². The van der Waals surface area contributed by atoms with E-state index in [0.29, 0.717) is 22.8 Å². The van der Waals surface area contributed by atoms with Gasteiger partial charge in [0.05, 0.1) is 11.7 Å². The van der Waals surface area contributed by atoms with Crippen molar-refractivity contribution >= 4 is 27.4 Å². The molecule has 0 atom stereocenters. The molecule has 0 radical (unpaired) electrons. The van der Waals surface area contributed by atoms with Crippen molar-refractivity contribution in [1.29, 1.82) is 0 Å². The summed E-state index contributed by atoms with van der Waals surface area (Å²) in [5.41, 5.74) is 7.21. The molecule has 0 aliphatic carbocycles. The van der Waals surface area contributed by atoms with Gasteiger partial charge < -0.3 is 5.32 Å². The average molecular weight is 421 g/mol. The topological polar surface area (TPSA) is 59.8 Å². The lowest BCUT2D eigenvalue weighted by Gasteiger charge is -2.12. The van der Waals surface area contributed by atoms with Gasteiger partial charge in [-0.15, -0.1) is 0 Å². The third-order valence-corrected chi connectivity index (χ3v) is 6.03. The highest BCUT2D eigenvalue weighted by Gasteiger charge is 2.09. The van der Waals surface area contributed by atoms with Gasteiger partial charge in [-0.3, -0.25) is 14.5 Å². The number of nitrogens with one attached hydrogen (secondary N) is 1. The number of aryl methyl sites for hydroxylation is 3. The Labute approximate surface area is 186 Å². The molecule has 0 saturated heterocycles. The summed E-state index contributed by atoms with van der Waals surface area (Å²) in [4.78, 5) is 18.1. The summed E-state index contributed by atoms with van der Waals surface area (Å²) >= 11 is 0. The van der Waals surface area contributed by atoms with Gasteiger partial charge in [0.1, 0.15) is 0 Å². The molecule has 2 aromatic heterocycles. The summed E-state index contributed by atoms with van der Waals surface area (Å²) in [5.74, 6) is 0. The van der Waals surface area contributed by atoms with Crippen LogP contribution in [0, 0.1) is 13.8 Å². The van der Waals surface area contributed by atoms with Gasteiger partial charge in [0.2, 0.25) is 0 Å². The molecule has 0 aliphatic heterocycles. The number of aromatic nitrogens is 3. The quantitative estimate of drug-likeness (QED) is 0.424. The van der Waals surface area contributed by atoms with E-state index in [-0.39, 0.29) is 5.43 Å². The maximum atomic E-state index is 13.5. The summed E-state index contributed by atoms with van der Waals surface area (Å²) in [6.07, 6.45) is 5.49. The van der Waals surface area contributed by atoms with Gasteiger partial charge in [0.25, 0.3) is 0 Å². The number of fused-ring (bicyclic) bond motifs is 2. The monoisotopic (exact) mass is 420 g/mol. The van der Waals surface area contributed by atoms with Crippen molar-refractivity contribution in [3.8, 4) is 11.1 Å². The molecule has 0 amide bonds. The molecular weight excluding hydrogens is 396 g/mol. The first-order valence-electron chi connectivity index (χ1n) is 10.6. The van der Waals surface area contributed by atoms with Crippen LogP contribution in [0.25, 0.3) is 32.8 Å². The summed E-state index contributed by atoms with van der Waals surface area (Å²) in [7, 11) is 1.87. The molecule has 0 spiro atoms. The van der Waals surface area contributed by atoms with Gasteiger partial charge in [-0.2, -0.15) is 5.10 Å². The molecule has 0 fully saturated rings. The fourth-order valence-corrected chi connectivity index (χ4v) is 4.16. The predicted molar refractivity (Wildman–Crippen MR) is 131 cm³/mol. The summed E-state index contributed by atoms with van der Waals surface area (Å²) in [6, 6.07) is 18.1. The van der Waals surface area contributed by atoms with E-state index in [4.69, 9.17) is 0 Å². The number of anilines is 1. The molecule has 158 valence electrons. The van der Waals surface area contributed by atoms with Gasteiger partial charge in [0.15, 0.2) is 5.43 Å². The summed E-state index contributed by atoms with van der Waals surface area (Å²) in [6.45, 7) is 4.96. The maximum absolute atomic E-state index is 13.5. The third-order valence-electron chi connectivity index (χ3n) is 6.03. The lowest BCUT2D eigenvalue weighted by molar-refractivity contribution is 0.768. The van der Waals surface area contributed by atoms with Crippen molar-refractivity contribution in [1.82, 2.24) is 14.8 Å². The van der Waals surface area contributed by atoms with E-state index in [1.54, 1.807) is 17.1 Å². The first-order chi connectivity index (χ1) is 15.5. The molecule has 1 N–H and O–H groups in total. The Bertz CT molecular complexity index is 1510. The molecule has 5 nitrogen and oxygen atoms in total. The molecular formula is C27H24N4O. The number of hydrogen-bond acceptors (Lipinski definition) is 4. The second kappa shape index (κ2) is 7.93. The van der Waals surface area contributed by atoms with Gasteiger partial charge in [-0.25, -0.2) is 0 Å². The summed E-state index contributed by atoms with van der Waals surface area (Å²) in [5, 5.41) is 9.90. The zero-order chi connectivity index (χ0) is 22.2. The second-order valence-corrected chi connectivity index (χ2v) is 8.25. The minimum atomic E-state index is -0.0195. The van der Waals surface area contributed by atoms with E-state index in [0.717, 1.165) is 22.2 Å². The molecule has 32 heavy (non-hydrogen) atoms. The van der Waals surface area contributed by atoms with E-state index in [2.05, 4.69) is 47.4 Å². The lowest BCUT2D eigenvalue weighted by atomic mass is 10.0. The maximum Gasteiger partial charge on any atom is 0.195 e. The number of nitrogens with zero attached hydrogens (tertiary/aromatic N) is 3. The molecule has 0 aliphatic rings. The number of benzene rings is 2. The predicted octanol–water partition coefficient (Wildman–Crippen LogP) is 5.38. The Morgan fingerprint density at radius 3 is 2.44 bits per heavy atom. The minimum Gasteiger partial charge on any atom is -0.381 e. The van der Waals surface area contributed by atoms with Crippen molar-refractivity contribution in [3.63, 3.8) is 0 Å². The average Bonchev–Trinajstić information content (AvgIpc) is 3.17. The Morgan fingerprint density at radius 2 is 1.69 bits per heavy atom. The van der Waals surface area contributed by atoms with Crippen LogP contribution in [0.1, 0.15) is 16.7 Å². The lowest BCUT2D eigenvalue weighted by Crippen LogP contribution is -2.05. The van der Waals surface area contributed by atoms with E-state index >= 15 is 0 Å². The SMILES string of the molecule is Cc1cccc(C)c1CNc1ccc2ccc3ncc(-c4cnn(C)c4)cc3c(=O)c2c1. The molecule has 0 saturated carbocycles. The molecule has 0 bridgehead atoms. The van der Waals surface area contributed by atoms with Crippen LogP contribution in [-0.2, 0) is 13.6 Å². The van der Waals surface area contributed by atoms with Crippen LogP contribution >= 0.6 is 0 Å². The van der Waals surface area contributed by atoms with E-state index in [1.807, 2.05) is 49.6 Å². The van der Waals surface area contributed by atoms with Crippen molar-refractivity contribution in [3.05, 3.63) is 100 Å². The Kier molecular flexibility index (Phi) is 4.94. The van der Waals surface area contributed by atoms with Crippen LogP contribution in [0.4, 0.5) is 5.69 Å². The Balaban J connectivity index is 1.59. The van der Waals surface area contributed by atoms with Crippen molar-refractivity contribution in [2.24, 2.45) is 7.05 Å². The fraction of sp³-hybridized carbons (Fsp3) is 0.148. The summed E-state index contributed by atoms with van der Waals surface area (Å²) < 4.78 is 1.74. The molecule has 3 aromatic carbocycles. The van der Waals surface area contributed by atoms with Crippen LogP contribution in [0.5, 0.6) is 0 Å². The van der Waals surface area contributed by atoms with Gasteiger partial charge in [0, 0.05) is 53.6 Å². The van der Waals surface area contributed by atoms with Gasteiger partial charge in [-0.05, 0) is 60.2 Å². The normalized spacial score (nSPS) is 11.2. The second-order valence-electron chi connectivity index (χ2n) is 8.25. The Morgan fingerprint density at radius 1 is 0.906 bits per heavy atom. The number of hydrogen-bond donors (Lipinski definition) is 1. The standard InChI is InChI=1S/C27H24N4O/c1-17-5-4-6-18(2)25(17)15-28-22-9-7-19-8-10-26-24(27(32)23(19)12-22)11-20(13-29-26)21-14-30-31(3)16-21/h4-14,16,28H,15H2,1-3H3. The van der Waals surface area contributed by atoms with Crippen LogP contribution in [-0.4, -0.2) is 14.8 Å². The van der Waals surface area contributed by atoms with Crippen LogP contribution in [0.15, 0.2) is 78.0 Å². The van der Waals surface area contributed by atoms with Crippen molar-refractivity contribution in [2.45, 2.75) is 20.4 Å². The molecule has 2 heterocycles. The fourth-order valence-electron chi connectivity index (χ4n) is 4.16. The highest BCUT2D eigenvalue weighted by molar-refractivity contribution is 5.94. The minimum absolute atomic E-state index is 0.0195. The van der Waals surface area contributed by atoms with Gasteiger partial charge >= 0.3 is 0 Å². The molecule has 5 rings (SSSR count). The first-order valence-corrected chi connectivity index (χ1v) is 10.6. The van der Waals surface area contributed by atoms with Crippen molar-refractivity contribution in [2.75, 3.05) is 5.32 Å². The molecule has 0 unspecified atom stereocenters. The highest BCUT2D eigenvalue weighted by atomic mass is 16.1. The van der Waals surface area contributed by atoms with E-state index in [1.165, 1.54) is 16.7 Å². The zero-order valence-corrected chi connectivity index (χ0v) is 18.4. The zero-order valence-electron chi connectivity index (χ0n) is 18.4. The largest absolute Gasteiger partial charge is 0.381 e. The molecule has 5 aromatic rings. The van der Waals surface area contributed by atoms with E-state index in [9.17, 15) is 4.79 Å².